The van der Waals surface area contributed by atoms with Gasteiger partial charge in [-0.15, -0.1) is 0 Å². The van der Waals surface area contributed by atoms with Gasteiger partial charge in [0, 0.05) is 33.5 Å². The van der Waals surface area contributed by atoms with Crippen LogP contribution in [-0.4, -0.2) is 4.57 Å². The summed E-state index contributed by atoms with van der Waals surface area (Å²) in [5.74, 6) is 0. The van der Waals surface area contributed by atoms with Crippen molar-refractivity contribution >= 4 is 38.9 Å². The number of hydrogen-bond acceptors (Lipinski definition) is 1. The van der Waals surface area contributed by atoms with Crippen molar-refractivity contribution in [1.82, 2.24) is 4.57 Å². The Hall–Kier alpha value is -8.20. The number of hydrogen-bond donors (Lipinski definition) is 0. The molecular weight excluding hydrogens is 749 g/mol. The highest BCUT2D eigenvalue weighted by atomic mass is 15.1. The number of nitrogens with zero attached hydrogens (tertiary/aromatic N) is 2. The van der Waals surface area contributed by atoms with Gasteiger partial charge in [-0.05, 0) is 128 Å². The van der Waals surface area contributed by atoms with E-state index in [0.29, 0.717) is 5.56 Å². The molecule has 0 fully saturated rings. The summed E-state index contributed by atoms with van der Waals surface area (Å²) in [5, 5.41) is 1.64. The number of aromatic nitrogens is 1. The summed E-state index contributed by atoms with van der Waals surface area (Å²) in [4.78, 5) is 1.18. The zero-order valence-corrected chi connectivity index (χ0v) is 32.8. The maximum Gasteiger partial charge on any atom is 0.0651 e. The lowest BCUT2D eigenvalue weighted by molar-refractivity contribution is 1.18. The van der Waals surface area contributed by atoms with Gasteiger partial charge in [-0.2, -0.15) is 0 Å². The van der Waals surface area contributed by atoms with Gasteiger partial charge in [-0.3, -0.25) is 0 Å². The Morgan fingerprint density at radius 2 is 0.839 bits per heavy atom. The number of fused-ring (bicyclic) bond motifs is 3. The molecule has 10 aromatic carbocycles. The van der Waals surface area contributed by atoms with Gasteiger partial charge in [0.05, 0.1) is 34.3 Å². The topological polar surface area (TPSA) is 8.17 Å². The fourth-order valence-corrected chi connectivity index (χ4v) is 7.74. The predicted octanol–water partition coefficient (Wildman–Crippen LogP) is 16.6. The minimum atomic E-state index is -0.875. The van der Waals surface area contributed by atoms with Gasteiger partial charge in [0.25, 0.3) is 0 Å². The van der Waals surface area contributed by atoms with Crippen molar-refractivity contribution in [2.75, 3.05) is 4.90 Å². The summed E-state index contributed by atoms with van der Waals surface area (Å²) >= 11 is 0. The standard InChI is InChI=1S/C60H42N2/c1-4-14-43(15-5-1)45-26-28-46(29-27-45)47-30-35-54(36-31-47)61(55-37-32-48(33-38-55)50-19-12-18-49(40-50)44-16-6-2-7-17-44)56-23-13-20-51(41-56)52-34-39-60-58(42-52)57-24-10-11-25-59(57)62(60)53-21-8-3-9-22-53/h1-42H/i1D,4D,5D,13D,14D,15D,20D,23D,26D,27D,28D,29D,30D,31D,35D,36D,41D. The Morgan fingerprint density at radius 1 is 0.306 bits per heavy atom. The molecule has 0 bridgehead atoms. The van der Waals surface area contributed by atoms with Gasteiger partial charge in [0.2, 0.25) is 0 Å². The smallest absolute Gasteiger partial charge is 0.0651 e. The normalized spacial score (nSPS) is 15.1. The van der Waals surface area contributed by atoms with Gasteiger partial charge in [-0.25, -0.2) is 0 Å². The van der Waals surface area contributed by atoms with Crippen molar-refractivity contribution in [2.24, 2.45) is 0 Å². The van der Waals surface area contributed by atoms with E-state index in [-0.39, 0.29) is 16.9 Å². The Morgan fingerprint density at radius 3 is 1.55 bits per heavy atom. The Bertz CT molecular complexity index is 4250. The summed E-state index contributed by atoms with van der Waals surface area (Å²) in [6, 6.07) is 34.6. The number of para-hydroxylation sites is 2. The van der Waals surface area contributed by atoms with E-state index in [1.54, 1.807) is 30.3 Å². The molecule has 0 amide bonds. The molecule has 0 aliphatic rings. The summed E-state index contributed by atoms with van der Waals surface area (Å²) in [7, 11) is 0. The first-order valence-electron chi connectivity index (χ1n) is 28.4. The summed E-state index contributed by atoms with van der Waals surface area (Å²) in [6.07, 6.45) is 0. The minimum Gasteiger partial charge on any atom is -0.310 e. The molecular formula is C60H42N2. The molecule has 1 aromatic heterocycles. The van der Waals surface area contributed by atoms with Crippen molar-refractivity contribution in [3.05, 3.63) is 254 Å². The molecule has 0 atom stereocenters. The van der Waals surface area contributed by atoms with Gasteiger partial charge in [0.15, 0.2) is 0 Å². The molecule has 0 aliphatic carbocycles. The number of rotatable bonds is 9. The molecule has 2 heteroatoms. The largest absolute Gasteiger partial charge is 0.310 e. The highest BCUT2D eigenvalue weighted by Crippen LogP contribution is 2.40. The second-order valence-electron chi connectivity index (χ2n) is 14.4. The molecule has 11 rings (SSSR count). The highest BCUT2D eigenvalue weighted by molar-refractivity contribution is 6.10. The van der Waals surface area contributed by atoms with Crippen LogP contribution in [0.3, 0.4) is 0 Å². The number of anilines is 3. The van der Waals surface area contributed by atoms with Gasteiger partial charge < -0.3 is 9.47 Å². The van der Waals surface area contributed by atoms with Crippen LogP contribution in [-0.2, 0) is 0 Å². The van der Waals surface area contributed by atoms with Crippen molar-refractivity contribution in [3.8, 4) is 61.3 Å². The maximum atomic E-state index is 10.0. The average molecular weight is 808 g/mol. The fraction of sp³-hybridized carbons (Fsp3) is 0. The first-order valence-corrected chi connectivity index (χ1v) is 19.9. The van der Waals surface area contributed by atoms with Gasteiger partial charge in [0.1, 0.15) is 0 Å². The van der Waals surface area contributed by atoms with E-state index in [4.69, 9.17) is 12.3 Å². The lowest BCUT2D eigenvalue weighted by Crippen LogP contribution is -2.10. The molecule has 62 heavy (non-hydrogen) atoms. The maximum absolute atomic E-state index is 10.0. The first kappa shape index (κ1) is 23.0. The molecule has 11 aromatic rings. The van der Waals surface area contributed by atoms with E-state index in [0.717, 1.165) is 49.7 Å². The van der Waals surface area contributed by atoms with Crippen molar-refractivity contribution in [1.29, 1.82) is 0 Å². The van der Waals surface area contributed by atoms with Crippen LogP contribution in [0.15, 0.2) is 254 Å². The van der Waals surface area contributed by atoms with Crippen LogP contribution >= 0.6 is 0 Å². The minimum absolute atomic E-state index is 0.0523. The van der Waals surface area contributed by atoms with E-state index in [9.17, 15) is 11.0 Å². The van der Waals surface area contributed by atoms with E-state index >= 15 is 0 Å². The molecule has 0 spiro atoms. The van der Waals surface area contributed by atoms with E-state index in [1.165, 1.54) is 4.90 Å². The van der Waals surface area contributed by atoms with E-state index in [2.05, 4.69) is 4.57 Å². The van der Waals surface area contributed by atoms with Gasteiger partial charge >= 0.3 is 0 Å². The molecule has 0 saturated carbocycles. The van der Waals surface area contributed by atoms with Crippen molar-refractivity contribution < 1.29 is 23.3 Å². The molecule has 2 nitrogen and oxygen atoms in total. The van der Waals surface area contributed by atoms with Crippen LogP contribution < -0.4 is 4.90 Å². The summed E-state index contributed by atoms with van der Waals surface area (Å²) in [6.45, 7) is 0. The molecule has 0 radical (unpaired) electrons. The van der Waals surface area contributed by atoms with Crippen LogP contribution in [0.4, 0.5) is 17.1 Å². The monoisotopic (exact) mass is 807 g/mol. The molecule has 0 N–H and O–H groups in total. The highest BCUT2D eigenvalue weighted by Gasteiger charge is 2.17. The zero-order chi connectivity index (χ0) is 56.0. The lowest BCUT2D eigenvalue weighted by Gasteiger charge is -2.26. The third kappa shape index (κ3) is 7.04. The van der Waals surface area contributed by atoms with Crippen molar-refractivity contribution in [3.63, 3.8) is 0 Å². The molecule has 0 saturated heterocycles. The number of benzene rings is 10. The molecule has 1 heterocycles. The summed E-state index contributed by atoms with van der Waals surface area (Å²) < 4.78 is 157. The van der Waals surface area contributed by atoms with Crippen LogP contribution in [0.2, 0.25) is 0 Å². The Balaban J connectivity index is 1.14. The van der Waals surface area contributed by atoms with E-state index in [1.807, 2.05) is 121 Å². The average Bonchev–Trinajstić information content (AvgIpc) is 4.00. The first-order chi connectivity index (χ1) is 37.8. The lowest BCUT2D eigenvalue weighted by atomic mass is 9.98. The van der Waals surface area contributed by atoms with Crippen LogP contribution in [0.1, 0.15) is 23.3 Å². The van der Waals surface area contributed by atoms with Crippen molar-refractivity contribution in [2.45, 2.75) is 0 Å². The molecule has 0 aliphatic heterocycles. The van der Waals surface area contributed by atoms with E-state index < -0.39 is 131 Å². The second kappa shape index (κ2) is 16.1. The third-order valence-electron chi connectivity index (χ3n) is 10.7. The predicted molar refractivity (Wildman–Crippen MR) is 263 cm³/mol. The SMILES string of the molecule is [2H]c1c([2H])c([2H])c(-c2c([2H])c([2H])c(-c3c([2H])c([2H])c(N(c4ccc(-c5cccc(-c6ccccc6)c5)cc4)c4c([2H])c([2H])c([2H])c(-c5ccc6c(c5)c5ccccc5n6-c5ccccc5)c4[2H])c([2H])c3[2H])c([2H])c2[2H])c([2H])c1[2H]. The zero-order valence-electron chi connectivity index (χ0n) is 49.8. The van der Waals surface area contributed by atoms with Crippen LogP contribution in [0.5, 0.6) is 0 Å². The molecule has 0 unspecified atom stereocenters. The van der Waals surface area contributed by atoms with Crippen LogP contribution in [0.25, 0.3) is 83.1 Å². The second-order valence-corrected chi connectivity index (χ2v) is 14.4. The quantitative estimate of drug-likeness (QED) is 0.141. The Kier molecular flexibility index (Phi) is 5.97. The summed E-state index contributed by atoms with van der Waals surface area (Å²) in [5.41, 5.74) is 3.14. The third-order valence-corrected chi connectivity index (χ3v) is 10.7. The van der Waals surface area contributed by atoms with Crippen LogP contribution in [0, 0.1) is 0 Å². The molecule has 292 valence electrons. The van der Waals surface area contributed by atoms with Gasteiger partial charge in [-0.1, -0.05) is 182 Å². The Labute approximate surface area is 386 Å². The fourth-order valence-electron chi connectivity index (χ4n) is 7.74.